The molecular weight excluding hydrogens is 410 g/mol. The van der Waals surface area contributed by atoms with Crippen molar-refractivity contribution in [2.75, 3.05) is 0 Å². The van der Waals surface area contributed by atoms with Gasteiger partial charge in [-0.25, -0.2) is 0 Å². The minimum Gasteiger partial charge on any atom is -0.392 e. The number of carbonyl (C=O) groups is 2. The van der Waals surface area contributed by atoms with Gasteiger partial charge in [-0.1, -0.05) is 35.7 Å². The standard InChI is InChI=1S/C21H32BrNO4/c1-10-6-7-11(8-14(10)22)27-16-9-15(24)17-18(19(16)23)21(26)13-5-3-2-4-12(13)20(17)25/h10-19,24H,2-9,23H2,1H3. The predicted molar refractivity (Wildman–Crippen MR) is 105 cm³/mol. The number of nitrogens with two attached hydrogens (primary N) is 1. The van der Waals surface area contributed by atoms with Crippen LogP contribution in [0.5, 0.6) is 0 Å². The molecule has 0 spiro atoms. The highest BCUT2D eigenvalue weighted by molar-refractivity contribution is 9.09. The molecule has 10 unspecified atom stereocenters. The topological polar surface area (TPSA) is 89.6 Å². The van der Waals surface area contributed by atoms with E-state index in [9.17, 15) is 14.7 Å². The number of fused-ring (bicyclic) bond motifs is 2. The SMILES string of the molecule is CC1CCC(OC2CC(O)C3C(=O)C4CCCCC4C(=O)C3C2N)CC1Br. The fourth-order valence-corrected chi connectivity index (χ4v) is 6.72. The number of alkyl halides is 1. The van der Waals surface area contributed by atoms with E-state index in [2.05, 4.69) is 22.9 Å². The predicted octanol–water partition coefficient (Wildman–Crippen LogP) is 2.61. The first-order valence-corrected chi connectivity index (χ1v) is 11.6. The number of rotatable bonds is 2. The number of ether oxygens (including phenoxy) is 1. The minimum absolute atomic E-state index is 0.0812. The van der Waals surface area contributed by atoms with Crippen LogP contribution in [-0.4, -0.2) is 45.9 Å². The van der Waals surface area contributed by atoms with E-state index < -0.39 is 24.0 Å². The Morgan fingerprint density at radius 3 is 2.26 bits per heavy atom. The second kappa shape index (κ2) is 7.85. The lowest BCUT2D eigenvalue weighted by Crippen LogP contribution is -2.64. The molecule has 0 aromatic carbocycles. The quantitative estimate of drug-likeness (QED) is 0.642. The van der Waals surface area contributed by atoms with E-state index in [1.165, 1.54) is 0 Å². The van der Waals surface area contributed by atoms with E-state index in [0.717, 1.165) is 44.9 Å². The van der Waals surface area contributed by atoms with E-state index in [0.29, 0.717) is 17.2 Å². The molecule has 0 aromatic rings. The van der Waals surface area contributed by atoms with Crippen LogP contribution in [0.15, 0.2) is 0 Å². The Labute approximate surface area is 169 Å². The van der Waals surface area contributed by atoms with E-state index in [4.69, 9.17) is 10.5 Å². The fraction of sp³-hybridized carbons (Fsp3) is 0.905. The average molecular weight is 442 g/mol. The van der Waals surface area contributed by atoms with Crippen molar-refractivity contribution >= 4 is 27.5 Å². The number of aliphatic hydroxyl groups is 1. The minimum atomic E-state index is -0.818. The zero-order valence-electron chi connectivity index (χ0n) is 16.1. The highest BCUT2D eigenvalue weighted by Gasteiger charge is 2.57. The van der Waals surface area contributed by atoms with Crippen LogP contribution in [0.1, 0.15) is 58.3 Å². The van der Waals surface area contributed by atoms with Crippen molar-refractivity contribution in [1.82, 2.24) is 0 Å². The molecule has 0 radical (unpaired) electrons. The van der Waals surface area contributed by atoms with Crippen LogP contribution in [-0.2, 0) is 14.3 Å². The summed E-state index contributed by atoms with van der Waals surface area (Å²) in [4.78, 5) is 26.7. The molecule has 4 rings (SSSR count). The lowest BCUT2D eigenvalue weighted by Gasteiger charge is -2.50. The molecule has 0 saturated heterocycles. The maximum absolute atomic E-state index is 13.2. The number of carbonyl (C=O) groups excluding carboxylic acids is 2. The Hall–Kier alpha value is -0.300. The smallest absolute Gasteiger partial charge is 0.143 e. The molecular formula is C21H32BrNO4. The second-order valence-electron chi connectivity index (χ2n) is 9.34. The molecule has 6 heteroatoms. The summed E-state index contributed by atoms with van der Waals surface area (Å²) in [5, 5.41) is 10.8. The third-order valence-corrected chi connectivity index (χ3v) is 8.97. The zero-order chi connectivity index (χ0) is 19.3. The summed E-state index contributed by atoms with van der Waals surface area (Å²) in [6, 6.07) is -0.495. The largest absolute Gasteiger partial charge is 0.392 e. The highest BCUT2D eigenvalue weighted by Crippen LogP contribution is 2.47. The number of aliphatic hydroxyl groups excluding tert-OH is 1. The van der Waals surface area contributed by atoms with Gasteiger partial charge in [-0.05, 0) is 38.0 Å². The van der Waals surface area contributed by atoms with Crippen molar-refractivity contribution in [1.29, 1.82) is 0 Å². The normalized spacial score (nSPS) is 50.8. The summed E-state index contributed by atoms with van der Waals surface area (Å²) < 4.78 is 6.32. The zero-order valence-corrected chi connectivity index (χ0v) is 17.6. The van der Waals surface area contributed by atoms with Crippen LogP contribution in [0.3, 0.4) is 0 Å². The third kappa shape index (κ3) is 3.56. The van der Waals surface area contributed by atoms with E-state index >= 15 is 0 Å². The summed E-state index contributed by atoms with van der Waals surface area (Å²) in [5.74, 6) is -0.763. The summed E-state index contributed by atoms with van der Waals surface area (Å²) >= 11 is 3.74. The average Bonchev–Trinajstić information content (AvgIpc) is 2.65. The van der Waals surface area contributed by atoms with E-state index in [-0.39, 0.29) is 35.6 Å². The summed E-state index contributed by atoms with van der Waals surface area (Å²) in [6.45, 7) is 2.24. The molecule has 0 aliphatic heterocycles. The first-order chi connectivity index (χ1) is 12.9. The Balaban J connectivity index is 1.51. The lowest BCUT2D eigenvalue weighted by molar-refractivity contribution is -0.168. The van der Waals surface area contributed by atoms with Gasteiger partial charge >= 0.3 is 0 Å². The maximum atomic E-state index is 13.2. The van der Waals surface area contributed by atoms with Crippen molar-refractivity contribution < 1.29 is 19.4 Å². The molecule has 152 valence electrons. The van der Waals surface area contributed by atoms with Crippen LogP contribution in [0.25, 0.3) is 0 Å². The number of hydrogen-bond acceptors (Lipinski definition) is 5. The molecule has 3 N–H and O–H groups in total. The molecule has 0 amide bonds. The second-order valence-corrected chi connectivity index (χ2v) is 10.5. The van der Waals surface area contributed by atoms with Gasteiger partial charge in [-0.2, -0.15) is 0 Å². The molecule has 0 heterocycles. The van der Waals surface area contributed by atoms with Crippen LogP contribution in [0.4, 0.5) is 0 Å². The van der Waals surface area contributed by atoms with Gasteiger partial charge in [0.1, 0.15) is 11.6 Å². The molecule has 5 nitrogen and oxygen atoms in total. The van der Waals surface area contributed by atoms with Crippen molar-refractivity contribution in [2.24, 2.45) is 35.3 Å². The Bertz CT molecular complexity index is 599. The number of hydrogen-bond donors (Lipinski definition) is 2. The first-order valence-electron chi connectivity index (χ1n) is 10.7. The highest BCUT2D eigenvalue weighted by atomic mass is 79.9. The molecule has 0 bridgehead atoms. The van der Waals surface area contributed by atoms with Crippen LogP contribution >= 0.6 is 15.9 Å². The Kier molecular flexibility index (Phi) is 5.81. The Morgan fingerprint density at radius 2 is 1.63 bits per heavy atom. The maximum Gasteiger partial charge on any atom is 0.143 e. The fourth-order valence-electron chi connectivity index (χ4n) is 6.04. The van der Waals surface area contributed by atoms with Gasteiger partial charge in [-0.3, -0.25) is 9.59 Å². The lowest BCUT2D eigenvalue weighted by atomic mass is 9.56. The van der Waals surface area contributed by atoms with Crippen LogP contribution in [0.2, 0.25) is 0 Å². The van der Waals surface area contributed by atoms with Gasteiger partial charge in [0, 0.05) is 35.0 Å². The van der Waals surface area contributed by atoms with E-state index in [1.807, 2.05) is 0 Å². The summed E-state index contributed by atoms with van der Waals surface area (Å²) in [7, 11) is 0. The molecule has 27 heavy (non-hydrogen) atoms. The molecule has 4 fully saturated rings. The van der Waals surface area contributed by atoms with Gasteiger partial charge in [0.05, 0.1) is 24.2 Å². The molecule has 0 aromatic heterocycles. The monoisotopic (exact) mass is 441 g/mol. The number of halogens is 1. The summed E-state index contributed by atoms with van der Waals surface area (Å²) in [6.07, 6.45) is 5.86. The molecule has 4 aliphatic rings. The van der Waals surface area contributed by atoms with Crippen molar-refractivity contribution in [3.05, 3.63) is 0 Å². The van der Waals surface area contributed by atoms with Crippen molar-refractivity contribution in [3.8, 4) is 0 Å². The van der Waals surface area contributed by atoms with Crippen LogP contribution < -0.4 is 5.73 Å². The van der Waals surface area contributed by atoms with Gasteiger partial charge in [0.25, 0.3) is 0 Å². The van der Waals surface area contributed by atoms with Gasteiger partial charge < -0.3 is 15.6 Å². The van der Waals surface area contributed by atoms with Gasteiger partial charge in [-0.15, -0.1) is 0 Å². The number of ketones is 2. The first kappa shape index (κ1) is 20.0. The van der Waals surface area contributed by atoms with Crippen LogP contribution in [0, 0.1) is 29.6 Å². The van der Waals surface area contributed by atoms with Gasteiger partial charge in [0.2, 0.25) is 0 Å². The van der Waals surface area contributed by atoms with Crippen molar-refractivity contribution in [3.63, 3.8) is 0 Å². The molecule has 4 aliphatic carbocycles. The third-order valence-electron chi connectivity index (χ3n) is 7.69. The summed E-state index contributed by atoms with van der Waals surface area (Å²) in [5.41, 5.74) is 6.53. The molecule has 10 atom stereocenters. The van der Waals surface area contributed by atoms with Gasteiger partial charge in [0.15, 0.2) is 0 Å². The van der Waals surface area contributed by atoms with Crippen molar-refractivity contribution in [2.45, 2.75) is 87.5 Å². The number of Topliss-reactive ketones (excluding diaryl/α,β-unsaturated/α-hetero) is 2. The Morgan fingerprint density at radius 1 is 1.00 bits per heavy atom. The molecule has 4 saturated carbocycles. The van der Waals surface area contributed by atoms with E-state index in [1.54, 1.807) is 0 Å².